The maximum Gasteiger partial charge on any atom is 0.120 e. The molecular weight excluding hydrogens is 222 g/mol. The minimum absolute atomic E-state index is 0.0337. The summed E-state index contributed by atoms with van der Waals surface area (Å²) in [5.74, 6) is 0.504. The normalized spacial score (nSPS) is 14.4. The second-order valence-corrected chi connectivity index (χ2v) is 5.16. The summed E-state index contributed by atoms with van der Waals surface area (Å²) < 4.78 is 14.1. The highest BCUT2D eigenvalue weighted by Crippen LogP contribution is 2.20. The first-order valence-electron chi connectivity index (χ1n) is 5.23. The summed E-state index contributed by atoms with van der Waals surface area (Å²) in [6.45, 7) is 2.02. The van der Waals surface area contributed by atoms with Crippen molar-refractivity contribution < 1.29 is 9.00 Å². The van der Waals surface area contributed by atoms with E-state index in [0.717, 1.165) is 11.8 Å². The Balaban J connectivity index is 2.80. The van der Waals surface area contributed by atoms with Crippen molar-refractivity contribution in [2.24, 2.45) is 0 Å². The lowest BCUT2D eigenvalue weighted by molar-refractivity contribution is -0.108. The number of hydrogen-bond acceptors (Lipinski definition) is 2. The van der Waals surface area contributed by atoms with Crippen LogP contribution in [0.2, 0.25) is 0 Å². The molecule has 0 radical (unpaired) electrons. The minimum atomic E-state index is -1.07. The van der Waals surface area contributed by atoms with Crippen LogP contribution in [0.1, 0.15) is 23.5 Å². The Bertz CT molecular complexity index is 362. The molecule has 0 aliphatic rings. The van der Waals surface area contributed by atoms with E-state index in [1.807, 2.05) is 31.2 Å². The van der Waals surface area contributed by atoms with Crippen molar-refractivity contribution in [1.82, 2.24) is 4.72 Å². The number of aryl methyl sites for hydroxylation is 1. The van der Waals surface area contributed by atoms with Crippen LogP contribution in [0.15, 0.2) is 24.3 Å². The van der Waals surface area contributed by atoms with Crippen LogP contribution >= 0.6 is 0 Å². The third-order valence-corrected chi connectivity index (χ3v) is 3.67. The molecule has 4 heteroatoms. The molecule has 0 saturated heterocycles. The molecule has 1 aromatic carbocycles. The number of rotatable bonds is 6. The van der Waals surface area contributed by atoms with E-state index in [-0.39, 0.29) is 5.92 Å². The minimum Gasteiger partial charge on any atom is -0.303 e. The third kappa shape index (κ3) is 3.87. The lowest BCUT2D eigenvalue weighted by atomic mass is 9.97. The molecule has 2 atom stereocenters. The van der Waals surface area contributed by atoms with Gasteiger partial charge < -0.3 is 4.79 Å². The zero-order valence-corrected chi connectivity index (χ0v) is 10.4. The van der Waals surface area contributed by atoms with Crippen LogP contribution in [0.3, 0.4) is 0 Å². The Morgan fingerprint density at radius 3 is 2.50 bits per heavy atom. The molecule has 0 fully saturated rings. The summed E-state index contributed by atoms with van der Waals surface area (Å²) in [6.07, 6.45) is 1.30. The fraction of sp³-hybridized carbons (Fsp3) is 0.417. The van der Waals surface area contributed by atoms with Gasteiger partial charge in [0.25, 0.3) is 0 Å². The fourth-order valence-corrected chi connectivity index (χ4v) is 2.38. The Hall–Kier alpha value is -1.00. The lowest BCUT2D eigenvalue weighted by Gasteiger charge is -2.14. The van der Waals surface area contributed by atoms with Gasteiger partial charge in [-0.05, 0) is 19.5 Å². The van der Waals surface area contributed by atoms with Crippen LogP contribution in [0.25, 0.3) is 0 Å². The monoisotopic (exact) mass is 239 g/mol. The smallest absolute Gasteiger partial charge is 0.120 e. The lowest BCUT2D eigenvalue weighted by Crippen LogP contribution is -2.19. The first-order valence-corrected chi connectivity index (χ1v) is 6.55. The highest BCUT2D eigenvalue weighted by molar-refractivity contribution is 7.83. The van der Waals surface area contributed by atoms with Crippen LogP contribution in [-0.4, -0.2) is 23.3 Å². The zero-order valence-electron chi connectivity index (χ0n) is 9.60. The van der Waals surface area contributed by atoms with Gasteiger partial charge in [-0.15, -0.1) is 0 Å². The Morgan fingerprint density at radius 1 is 1.38 bits per heavy atom. The Kier molecular flexibility index (Phi) is 5.35. The van der Waals surface area contributed by atoms with E-state index >= 15 is 0 Å². The molecule has 2 unspecified atom stereocenters. The highest BCUT2D eigenvalue weighted by Gasteiger charge is 2.13. The number of nitrogens with one attached hydrogen (secondary N) is 1. The number of benzene rings is 1. The van der Waals surface area contributed by atoms with Crippen molar-refractivity contribution in [2.75, 3.05) is 12.8 Å². The summed E-state index contributed by atoms with van der Waals surface area (Å²) in [7, 11) is 0.583. The Morgan fingerprint density at radius 2 is 2.00 bits per heavy atom. The molecule has 0 amide bonds. The van der Waals surface area contributed by atoms with Gasteiger partial charge in [-0.1, -0.05) is 29.8 Å². The largest absolute Gasteiger partial charge is 0.303 e. The first-order chi connectivity index (χ1) is 7.67. The maximum absolute atomic E-state index is 11.4. The van der Waals surface area contributed by atoms with Gasteiger partial charge in [-0.25, -0.2) is 8.93 Å². The quantitative estimate of drug-likeness (QED) is 0.766. The number of carbonyl (C=O) groups excluding carboxylic acids is 1. The van der Waals surface area contributed by atoms with E-state index in [2.05, 4.69) is 4.72 Å². The van der Waals surface area contributed by atoms with Crippen LogP contribution in [-0.2, 0) is 15.8 Å². The van der Waals surface area contributed by atoms with E-state index in [4.69, 9.17) is 0 Å². The molecule has 1 N–H and O–H groups in total. The molecule has 88 valence electrons. The molecule has 1 rings (SSSR count). The predicted octanol–water partition coefficient (Wildman–Crippen LogP) is 1.55. The molecular formula is C12H17NO2S. The summed E-state index contributed by atoms with van der Waals surface area (Å²) in [4.78, 5) is 10.6. The van der Waals surface area contributed by atoms with Crippen molar-refractivity contribution in [1.29, 1.82) is 0 Å². The molecule has 1 aromatic rings. The Labute approximate surface area is 98.8 Å². The standard InChI is InChI=1S/C12H17NO2S/c1-10-3-5-11(6-4-10)12(7-8-14)9-16(15)13-2/h3-6,8,12-13H,7,9H2,1-2H3. The van der Waals surface area contributed by atoms with Crippen molar-refractivity contribution in [3.05, 3.63) is 35.4 Å². The number of hydrogen-bond donors (Lipinski definition) is 1. The average molecular weight is 239 g/mol. The van der Waals surface area contributed by atoms with Crippen molar-refractivity contribution >= 4 is 17.3 Å². The molecule has 0 spiro atoms. The molecule has 0 aliphatic carbocycles. The molecule has 0 bridgehead atoms. The molecule has 0 aliphatic heterocycles. The fourth-order valence-electron chi connectivity index (χ4n) is 1.52. The summed E-state index contributed by atoms with van der Waals surface area (Å²) >= 11 is 0. The summed E-state index contributed by atoms with van der Waals surface area (Å²) in [5.41, 5.74) is 2.25. The van der Waals surface area contributed by atoms with Gasteiger partial charge in [0.2, 0.25) is 0 Å². The van der Waals surface area contributed by atoms with Crippen LogP contribution in [0, 0.1) is 6.92 Å². The van der Waals surface area contributed by atoms with Gasteiger partial charge in [0.15, 0.2) is 0 Å². The summed E-state index contributed by atoms with van der Waals surface area (Å²) in [5, 5.41) is 0. The van der Waals surface area contributed by atoms with Crippen molar-refractivity contribution in [3.8, 4) is 0 Å². The van der Waals surface area contributed by atoms with Crippen molar-refractivity contribution in [3.63, 3.8) is 0 Å². The number of carbonyl (C=O) groups is 1. The van der Waals surface area contributed by atoms with Crippen LogP contribution in [0.5, 0.6) is 0 Å². The molecule has 0 aromatic heterocycles. The average Bonchev–Trinajstić information content (AvgIpc) is 2.29. The predicted molar refractivity (Wildman–Crippen MR) is 66.7 cm³/mol. The van der Waals surface area contributed by atoms with E-state index < -0.39 is 11.0 Å². The topological polar surface area (TPSA) is 46.2 Å². The van der Waals surface area contributed by atoms with Gasteiger partial charge in [0.1, 0.15) is 6.29 Å². The molecule has 0 heterocycles. The van der Waals surface area contributed by atoms with Crippen LogP contribution < -0.4 is 4.72 Å². The van der Waals surface area contributed by atoms with Gasteiger partial charge in [-0.2, -0.15) is 0 Å². The van der Waals surface area contributed by atoms with E-state index in [9.17, 15) is 9.00 Å². The maximum atomic E-state index is 11.4. The first kappa shape index (κ1) is 13.1. The zero-order chi connectivity index (χ0) is 12.0. The SMILES string of the molecule is CNS(=O)CC(CC=O)c1ccc(C)cc1. The summed E-state index contributed by atoms with van der Waals surface area (Å²) in [6, 6.07) is 8.01. The molecule has 0 saturated carbocycles. The van der Waals surface area contributed by atoms with E-state index in [1.54, 1.807) is 7.05 Å². The van der Waals surface area contributed by atoms with Gasteiger partial charge >= 0.3 is 0 Å². The van der Waals surface area contributed by atoms with E-state index in [0.29, 0.717) is 12.2 Å². The second-order valence-electron chi connectivity index (χ2n) is 3.73. The third-order valence-electron chi connectivity index (χ3n) is 2.51. The second kappa shape index (κ2) is 6.55. The van der Waals surface area contributed by atoms with E-state index in [1.165, 1.54) is 5.56 Å². The highest BCUT2D eigenvalue weighted by atomic mass is 32.2. The van der Waals surface area contributed by atoms with Gasteiger partial charge in [0, 0.05) is 18.1 Å². The van der Waals surface area contributed by atoms with Gasteiger partial charge in [0.05, 0.1) is 11.0 Å². The van der Waals surface area contributed by atoms with Crippen molar-refractivity contribution in [2.45, 2.75) is 19.3 Å². The van der Waals surface area contributed by atoms with Crippen LogP contribution in [0.4, 0.5) is 0 Å². The van der Waals surface area contributed by atoms with Gasteiger partial charge in [-0.3, -0.25) is 0 Å². The molecule has 16 heavy (non-hydrogen) atoms. The molecule has 3 nitrogen and oxygen atoms in total. The number of aldehydes is 1.